The number of carbonyl (C=O) groups is 2. The summed E-state index contributed by atoms with van der Waals surface area (Å²) >= 11 is 10.5. The predicted molar refractivity (Wildman–Crippen MR) is 40.7 cm³/mol. The van der Waals surface area contributed by atoms with E-state index in [1.54, 1.807) is 0 Å². The van der Waals surface area contributed by atoms with Gasteiger partial charge in [0.05, 0.1) is 0 Å². The number of hydrogen-bond acceptors (Lipinski definition) is 2. The normalized spacial score (nSPS) is 9.40. The van der Waals surface area contributed by atoms with Crippen molar-refractivity contribution in [1.29, 1.82) is 0 Å². The van der Waals surface area contributed by atoms with E-state index in [2.05, 4.69) is 0 Å². The van der Waals surface area contributed by atoms with Crippen molar-refractivity contribution in [3.63, 3.8) is 0 Å². The van der Waals surface area contributed by atoms with E-state index in [9.17, 15) is 9.59 Å². The van der Waals surface area contributed by atoms with Crippen molar-refractivity contribution in [1.82, 2.24) is 0 Å². The van der Waals surface area contributed by atoms with E-state index in [1.807, 2.05) is 0 Å². The topological polar surface area (TPSA) is 34.1 Å². The lowest BCUT2D eigenvalue weighted by Crippen LogP contribution is -2.14. The van der Waals surface area contributed by atoms with Crippen LogP contribution in [0.15, 0.2) is 0 Å². The first-order valence-electron chi connectivity index (χ1n) is 2.90. The van der Waals surface area contributed by atoms with Gasteiger partial charge in [0.15, 0.2) is 11.6 Å². The van der Waals surface area contributed by atoms with Crippen molar-refractivity contribution in [2.45, 2.75) is 12.8 Å². The van der Waals surface area contributed by atoms with Crippen LogP contribution in [0.4, 0.5) is 0 Å². The molecule has 0 N–H and O–H groups in total. The summed E-state index contributed by atoms with van der Waals surface area (Å²) in [5.41, 5.74) is 0. The van der Waals surface area contributed by atoms with Crippen LogP contribution in [0.25, 0.3) is 0 Å². The Morgan fingerprint density at radius 1 is 0.900 bits per heavy atom. The highest BCUT2D eigenvalue weighted by molar-refractivity contribution is 6.39. The molecule has 0 aliphatic rings. The highest BCUT2D eigenvalue weighted by atomic mass is 35.5. The zero-order chi connectivity index (χ0) is 7.98. The molecule has 0 radical (unpaired) electrons. The van der Waals surface area contributed by atoms with Crippen molar-refractivity contribution in [3.8, 4) is 0 Å². The van der Waals surface area contributed by atoms with Crippen LogP contribution in [-0.2, 0) is 9.59 Å². The maximum absolute atomic E-state index is 10.6. The molecular weight excluding hydrogens is 175 g/mol. The van der Waals surface area contributed by atoms with Gasteiger partial charge in [-0.3, -0.25) is 9.59 Å². The summed E-state index contributed by atoms with van der Waals surface area (Å²) in [5, 5.41) is 0. The molecule has 0 aromatic carbocycles. The van der Waals surface area contributed by atoms with Gasteiger partial charge >= 0.3 is 0 Å². The zero-order valence-electron chi connectivity index (χ0n) is 5.40. The lowest BCUT2D eigenvalue weighted by atomic mass is 10.2. The molecule has 2 nitrogen and oxygen atoms in total. The molecule has 0 aromatic rings. The van der Waals surface area contributed by atoms with Crippen LogP contribution in [0.5, 0.6) is 0 Å². The molecule has 0 aliphatic carbocycles. The van der Waals surface area contributed by atoms with Crippen molar-refractivity contribution >= 4 is 34.8 Å². The van der Waals surface area contributed by atoms with Gasteiger partial charge in [-0.2, -0.15) is 0 Å². The molecule has 0 aromatic heterocycles. The van der Waals surface area contributed by atoms with E-state index < -0.39 is 11.6 Å². The van der Waals surface area contributed by atoms with E-state index in [4.69, 9.17) is 23.2 Å². The van der Waals surface area contributed by atoms with Crippen LogP contribution < -0.4 is 0 Å². The van der Waals surface area contributed by atoms with Crippen LogP contribution in [0.1, 0.15) is 12.8 Å². The monoisotopic (exact) mass is 182 g/mol. The summed E-state index contributed by atoms with van der Waals surface area (Å²) in [6.45, 7) is 0. The molecule has 0 atom stereocenters. The van der Waals surface area contributed by atoms with Gasteiger partial charge in [0, 0.05) is 24.6 Å². The minimum absolute atomic E-state index is 0.122. The smallest absolute Gasteiger partial charge is 0.199 e. The van der Waals surface area contributed by atoms with Gasteiger partial charge in [-0.1, -0.05) is 0 Å². The molecule has 0 amide bonds. The van der Waals surface area contributed by atoms with Crippen LogP contribution in [0, 0.1) is 0 Å². The van der Waals surface area contributed by atoms with Crippen molar-refractivity contribution in [2.75, 3.05) is 11.8 Å². The Morgan fingerprint density at radius 2 is 1.20 bits per heavy atom. The second kappa shape index (κ2) is 5.69. The molecule has 0 saturated carbocycles. The summed E-state index contributed by atoms with van der Waals surface area (Å²) in [5.74, 6) is -0.439. The number of carbonyl (C=O) groups excluding carboxylic acids is 2. The Hall–Kier alpha value is -0.0800. The molecule has 10 heavy (non-hydrogen) atoms. The van der Waals surface area contributed by atoms with Gasteiger partial charge in [0.25, 0.3) is 0 Å². The summed E-state index contributed by atoms with van der Waals surface area (Å²) in [4.78, 5) is 21.3. The third-order valence-corrected chi connectivity index (χ3v) is 1.33. The number of halogens is 2. The van der Waals surface area contributed by atoms with E-state index >= 15 is 0 Å². The van der Waals surface area contributed by atoms with E-state index in [1.165, 1.54) is 0 Å². The Balaban J connectivity index is 3.60. The highest BCUT2D eigenvalue weighted by Crippen LogP contribution is 1.94. The minimum atomic E-state index is -0.421. The first kappa shape index (κ1) is 9.92. The van der Waals surface area contributed by atoms with Crippen molar-refractivity contribution in [2.24, 2.45) is 0 Å². The molecule has 0 heterocycles. The first-order valence-corrected chi connectivity index (χ1v) is 3.97. The third kappa shape index (κ3) is 3.85. The summed E-state index contributed by atoms with van der Waals surface area (Å²) < 4.78 is 0. The Labute approximate surface area is 69.5 Å². The summed E-state index contributed by atoms with van der Waals surface area (Å²) in [6, 6.07) is 0. The van der Waals surface area contributed by atoms with Gasteiger partial charge < -0.3 is 0 Å². The Kier molecular flexibility index (Phi) is 5.64. The number of alkyl halides is 2. The van der Waals surface area contributed by atoms with Crippen LogP contribution in [0.3, 0.4) is 0 Å². The van der Waals surface area contributed by atoms with Crippen LogP contribution in [0.2, 0.25) is 0 Å². The number of hydrogen-bond donors (Lipinski definition) is 0. The van der Waals surface area contributed by atoms with E-state index in [-0.39, 0.29) is 24.6 Å². The Bertz CT molecular complexity index is 118. The SMILES string of the molecule is O=C(CCCl)C(=O)CCCl. The minimum Gasteiger partial charge on any atom is -0.291 e. The lowest BCUT2D eigenvalue weighted by molar-refractivity contribution is -0.136. The van der Waals surface area contributed by atoms with Crippen molar-refractivity contribution in [3.05, 3.63) is 0 Å². The molecule has 58 valence electrons. The van der Waals surface area contributed by atoms with E-state index in [0.29, 0.717) is 0 Å². The number of Topliss-reactive ketones (excluding diaryl/α,β-unsaturated/α-hetero) is 2. The number of rotatable bonds is 5. The standard InChI is InChI=1S/C6H8Cl2O2/c7-3-1-5(9)6(10)2-4-8/h1-4H2. The van der Waals surface area contributed by atoms with Gasteiger partial charge in [-0.15, -0.1) is 23.2 Å². The van der Waals surface area contributed by atoms with Gasteiger partial charge in [0.1, 0.15) is 0 Å². The third-order valence-electron chi connectivity index (χ3n) is 0.954. The average Bonchev–Trinajstić information content (AvgIpc) is 1.89. The van der Waals surface area contributed by atoms with Gasteiger partial charge in [-0.05, 0) is 0 Å². The van der Waals surface area contributed by atoms with Crippen molar-refractivity contribution < 1.29 is 9.59 Å². The Morgan fingerprint density at radius 3 is 1.40 bits per heavy atom. The number of ketones is 2. The molecule has 0 rings (SSSR count). The maximum Gasteiger partial charge on any atom is 0.199 e. The lowest BCUT2D eigenvalue weighted by Gasteiger charge is -1.92. The summed E-state index contributed by atoms with van der Waals surface area (Å²) in [7, 11) is 0. The maximum atomic E-state index is 10.6. The van der Waals surface area contributed by atoms with Crippen LogP contribution in [-0.4, -0.2) is 23.3 Å². The second-order valence-corrected chi connectivity index (χ2v) is 2.48. The second-order valence-electron chi connectivity index (χ2n) is 1.72. The summed E-state index contributed by atoms with van der Waals surface area (Å²) in [6.07, 6.45) is 0.245. The quantitative estimate of drug-likeness (QED) is 0.476. The van der Waals surface area contributed by atoms with Gasteiger partial charge in [-0.25, -0.2) is 0 Å². The molecule has 0 spiro atoms. The molecular formula is C6H8Cl2O2. The first-order chi connectivity index (χ1) is 4.72. The molecule has 0 bridgehead atoms. The molecule has 0 unspecified atom stereocenters. The highest BCUT2D eigenvalue weighted by Gasteiger charge is 2.10. The zero-order valence-corrected chi connectivity index (χ0v) is 6.91. The molecule has 4 heteroatoms. The van der Waals surface area contributed by atoms with Gasteiger partial charge in [0.2, 0.25) is 0 Å². The van der Waals surface area contributed by atoms with E-state index in [0.717, 1.165) is 0 Å². The predicted octanol–water partition coefficient (Wildman–Crippen LogP) is 1.38. The fourth-order valence-corrected chi connectivity index (χ4v) is 0.794. The fraction of sp³-hybridized carbons (Fsp3) is 0.667. The fourth-order valence-electron chi connectivity index (χ4n) is 0.450. The largest absolute Gasteiger partial charge is 0.291 e. The molecule has 0 fully saturated rings. The molecule has 0 saturated heterocycles. The van der Waals surface area contributed by atoms with Crippen LogP contribution >= 0.6 is 23.2 Å². The average molecular weight is 183 g/mol. The molecule has 0 aliphatic heterocycles.